The second kappa shape index (κ2) is 5.72. The van der Waals surface area contributed by atoms with E-state index < -0.39 is 12.6 Å². The van der Waals surface area contributed by atoms with Gasteiger partial charge in [-0.05, 0) is 24.8 Å². The number of nitrogens with zero attached hydrogens (tertiary/aromatic N) is 3. The van der Waals surface area contributed by atoms with Crippen LogP contribution in [0.2, 0.25) is 0 Å². The Balaban J connectivity index is 1.94. The fourth-order valence-corrected chi connectivity index (χ4v) is 4.15. The molecule has 1 aliphatic rings. The molecule has 3 aromatic rings. The standard InChI is InChI=1S/C17H20F3N5/c1-2-9-5-10(21)6-11(9)16-24-12(7-17(18,19)20)14-8-23-15-13(25(14)16)3-4-22-15/h3-4,8-11,22H,2,5-7,21H2,1H3/t9-,10+,11+/m1/s1. The van der Waals surface area contributed by atoms with Gasteiger partial charge in [0.15, 0.2) is 5.65 Å². The lowest BCUT2D eigenvalue weighted by Crippen LogP contribution is -2.15. The zero-order chi connectivity index (χ0) is 17.8. The summed E-state index contributed by atoms with van der Waals surface area (Å²) in [5.41, 5.74) is 7.99. The van der Waals surface area contributed by atoms with E-state index in [2.05, 4.69) is 21.9 Å². The molecule has 0 radical (unpaired) electrons. The first-order chi connectivity index (χ1) is 11.9. The van der Waals surface area contributed by atoms with Gasteiger partial charge in [0.25, 0.3) is 0 Å². The average Bonchev–Trinajstić information content (AvgIpc) is 3.21. The van der Waals surface area contributed by atoms with E-state index in [9.17, 15) is 13.2 Å². The number of fused-ring (bicyclic) bond motifs is 3. The van der Waals surface area contributed by atoms with Gasteiger partial charge in [0, 0.05) is 18.2 Å². The van der Waals surface area contributed by atoms with Crippen molar-refractivity contribution < 1.29 is 13.2 Å². The Morgan fingerprint density at radius 3 is 2.84 bits per heavy atom. The van der Waals surface area contributed by atoms with Crippen molar-refractivity contribution >= 4 is 16.7 Å². The SMILES string of the molecule is CC[C@@H]1C[C@H](N)C[C@@H]1c1nc(CC(F)(F)F)c2cnc3[nH]ccc3n12. The minimum atomic E-state index is -4.31. The lowest BCUT2D eigenvalue weighted by Gasteiger charge is -2.17. The first kappa shape index (κ1) is 16.4. The van der Waals surface area contributed by atoms with Gasteiger partial charge >= 0.3 is 6.18 Å². The van der Waals surface area contributed by atoms with Crippen LogP contribution >= 0.6 is 0 Å². The second-order valence-electron chi connectivity index (χ2n) is 6.91. The molecule has 1 aliphatic carbocycles. The fourth-order valence-electron chi connectivity index (χ4n) is 4.15. The van der Waals surface area contributed by atoms with Crippen molar-refractivity contribution in [2.45, 2.75) is 50.7 Å². The minimum absolute atomic E-state index is 0.0356. The van der Waals surface area contributed by atoms with Crippen molar-refractivity contribution in [1.82, 2.24) is 19.4 Å². The third-order valence-corrected chi connectivity index (χ3v) is 5.23. The van der Waals surface area contributed by atoms with Crippen LogP contribution in [0.1, 0.15) is 43.6 Å². The van der Waals surface area contributed by atoms with Gasteiger partial charge in [0.1, 0.15) is 5.82 Å². The van der Waals surface area contributed by atoms with Crippen molar-refractivity contribution in [2.24, 2.45) is 11.7 Å². The van der Waals surface area contributed by atoms with Gasteiger partial charge in [0.05, 0.1) is 29.3 Å². The summed E-state index contributed by atoms with van der Waals surface area (Å²) in [5, 5.41) is 0. The molecule has 1 fully saturated rings. The third-order valence-electron chi connectivity index (χ3n) is 5.23. The Hall–Kier alpha value is -2.09. The van der Waals surface area contributed by atoms with Gasteiger partial charge < -0.3 is 10.7 Å². The third kappa shape index (κ3) is 2.78. The number of aromatic nitrogens is 4. The van der Waals surface area contributed by atoms with Crippen LogP contribution in [0.15, 0.2) is 18.5 Å². The highest BCUT2D eigenvalue weighted by Crippen LogP contribution is 2.42. The molecule has 0 bridgehead atoms. The number of nitrogens with one attached hydrogen (secondary N) is 1. The molecule has 3 atom stereocenters. The average molecular weight is 351 g/mol. The summed E-state index contributed by atoms with van der Waals surface area (Å²) < 4.78 is 40.9. The van der Waals surface area contributed by atoms with E-state index in [0.717, 1.165) is 24.8 Å². The van der Waals surface area contributed by atoms with Crippen LogP contribution in [0.25, 0.3) is 16.7 Å². The van der Waals surface area contributed by atoms with Crippen LogP contribution in [0, 0.1) is 5.92 Å². The topological polar surface area (TPSA) is 72.0 Å². The second-order valence-corrected chi connectivity index (χ2v) is 6.91. The van der Waals surface area contributed by atoms with Gasteiger partial charge in [0.2, 0.25) is 0 Å². The molecular weight excluding hydrogens is 331 g/mol. The maximum atomic E-state index is 13.0. The Bertz CT molecular complexity index is 910. The Morgan fingerprint density at radius 2 is 2.12 bits per heavy atom. The zero-order valence-corrected chi connectivity index (χ0v) is 13.8. The highest BCUT2D eigenvalue weighted by Gasteiger charge is 2.37. The molecular formula is C17H20F3N5. The van der Waals surface area contributed by atoms with Crippen LogP contribution in [0.4, 0.5) is 13.2 Å². The summed E-state index contributed by atoms with van der Waals surface area (Å²) in [7, 11) is 0. The van der Waals surface area contributed by atoms with Gasteiger partial charge in [-0.25, -0.2) is 9.97 Å². The quantitative estimate of drug-likeness (QED) is 0.758. The number of H-pyrrole nitrogens is 1. The van der Waals surface area contributed by atoms with Crippen molar-refractivity contribution in [3.63, 3.8) is 0 Å². The lowest BCUT2D eigenvalue weighted by molar-refractivity contribution is -0.127. The largest absolute Gasteiger partial charge is 0.394 e. The van der Waals surface area contributed by atoms with Crippen LogP contribution < -0.4 is 5.73 Å². The molecule has 0 amide bonds. The molecule has 8 heteroatoms. The molecule has 0 aliphatic heterocycles. The van der Waals surface area contributed by atoms with E-state index in [0.29, 0.717) is 22.9 Å². The highest BCUT2D eigenvalue weighted by atomic mass is 19.4. The molecule has 0 spiro atoms. The fraction of sp³-hybridized carbons (Fsp3) is 0.529. The van der Waals surface area contributed by atoms with Crippen molar-refractivity contribution in [1.29, 1.82) is 0 Å². The highest BCUT2D eigenvalue weighted by molar-refractivity contribution is 5.76. The Labute approximate surface area is 142 Å². The minimum Gasteiger partial charge on any atom is -0.345 e. The lowest BCUT2D eigenvalue weighted by atomic mass is 9.93. The smallest absolute Gasteiger partial charge is 0.345 e. The summed E-state index contributed by atoms with van der Waals surface area (Å²) in [6.07, 6.45) is 0.417. The van der Waals surface area contributed by atoms with Crippen LogP contribution in [-0.4, -0.2) is 31.6 Å². The predicted octanol–water partition coefficient (Wildman–Crippen LogP) is 3.55. The molecule has 0 saturated heterocycles. The van der Waals surface area contributed by atoms with Gasteiger partial charge in [-0.3, -0.25) is 4.40 Å². The van der Waals surface area contributed by atoms with Crippen molar-refractivity contribution in [2.75, 3.05) is 0 Å². The van der Waals surface area contributed by atoms with Crippen LogP contribution in [0.3, 0.4) is 0 Å². The number of aromatic amines is 1. The van der Waals surface area contributed by atoms with Crippen LogP contribution in [0.5, 0.6) is 0 Å². The monoisotopic (exact) mass is 351 g/mol. The molecule has 3 aromatic heterocycles. The summed E-state index contributed by atoms with van der Waals surface area (Å²) in [6.45, 7) is 2.09. The first-order valence-corrected chi connectivity index (χ1v) is 8.53. The zero-order valence-electron chi connectivity index (χ0n) is 13.8. The normalized spacial score (nSPS) is 24.6. The van der Waals surface area contributed by atoms with E-state index in [1.165, 1.54) is 6.20 Å². The van der Waals surface area contributed by atoms with Crippen LogP contribution in [-0.2, 0) is 6.42 Å². The molecule has 0 aromatic carbocycles. The summed E-state index contributed by atoms with van der Waals surface area (Å²) in [6, 6.07) is 1.89. The molecule has 5 nitrogen and oxygen atoms in total. The van der Waals surface area contributed by atoms with Gasteiger partial charge in [-0.15, -0.1) is 0 Å². The molecule has 3 N–H and O–H groups in total. The summed E-state index contributed by atoms with van der Waals surface area (Å²) in [5.74, 6) is 1.08. The number of alkyl halides is 3. The number of nitrogens with two attached hydrogens (primary N) is 1. The molecule has 0 unspecified atom stereocenters. The summed E-state index contributed by atoms with van der Waals surface area (Å²) >= 11 is 0. The number of imidazole rings is 1. The maximum Gasteiger partial charge on any atom is 0.394 e. The predicted molar refractivity (Wildman–Crippen MR) is 88.3 cm³/mol. The van der Waals surface area contributed by atoms with E-state index >= 15 is 0 Å². The Kier molecular flexibility index (Phi) is 3.75. The number of halogens is 3. The number of hydrogen-bond donors (Lipinski definition) is 2. The van der Waals surface area contributed by atoms with Gasteiger partial charge in [-0.1, -0.05) is 13.3 Å². The molecule has 1 saturated carbocycles. The molecule has 134 valence electrons. The van der Waals surface area contributed by atoms with Crippen molar-refractivity contribution in [3.8, 4) is 0 Å². The maximum absolute atomic E-state index is 13.0. The van der Waals surface area contributed by atoms with Crippen molar-refractivity contribution in [3.05, 3.63) is 30.0 Å². The molecule has 4 rings (SSSR count). The van der Waals surface area contributed by atoms with E-state index in [1.807, 2.05) is 10.5 Å². The number of rotatable bonds is 3. The van der Waals surface area contributed by atoms with E-state index in [1.54, 1.807) is 6.20 Å². The molecule has 3 heterocycles. The molecule has 25 heavy (non-hydrogen) atoms. The van der Waals surface area contributed by atoms with Gasteiger partial charge in [-0.2, -0.15) is 13.2 Å². The Morgan fingerprint density at radius 1 is 1.32 bits per heavy atom. The summed E-state index contributed by atoms with van der Waals surface area (Å²) in [4.78, 5) is 11.7. The number of hydrogen-bond acceptors (Lipinski definition) is 3. The van der Waals surface area contributed by atoms with E-state index in [-0.39, 0.29) is 17.7 Å². The van der Waals surface area contributed by atoms with E-state index in [4.69, 9.17) is 5.73 Å². The first-order valence-electron chi connectivity index (χ1n) is 8.53.